The normalized spacial score (nSPS) is 19.8. The van der Waals surface area contributed by atoms with Crippen LogP contribution in [-0.4, -0.2) is 61.2 Å². The van der Waals surface area contributed by atoms with Crippen molar-refractivity contribution >= 4 is 17.7 Å². The first-order chi connectivity index (χ1) is 13.0. The number of aliphatic hydroxyl groups excluding tert-OH is 1. The molecule has 0 spiro atoms. The van der Waals surface area contributed by atoms with E-state index in [0.29, 0.717) is 30.5 Å². The van der Waals surface area contributed by atoms with E-state index in [4.69, 9.17) is 4.42 Å². The zero-order valence-corrected chi connectivity index (χ0v) is 17.0. The van der Waals surface area contributed by atoms with Crippen LogP contribution in [-0.2, 0) is 5.75 Å². The van der Waals surface area contributed by atoms with Crippen LogP contribution in [0, 0.1) is 18.8 Å². The van der Waals surface area contributed by atoms with Crippen LogP contribution in [0.2, 0.25) is 0 Å². The highest BCUT2D eigenvalue weighted by Crippen LogP contribution is 2.27. The van der Waals surface area contributed by atoms with Crippen molar-refractivity contribution in [2.75, 3.05) is 40.3 Å². The molecule has 1 aliphatic rings. The highest BCUT2D eigenvalue weighted by atomic mass is 32.2. The number of likely N-dealkylation sites (tertiary alicyclic amines) is 1. The predicted molar refractivity (Wildman–Crippen MR) is 108 cm³/mol. The molecule has 27 heavy (non-hydrogen) atoms. The number of nitrogens with zero attached hydrogens (tertiary/aromatic N) is 2. The lowest BCUT2D eigenvalue weighted by molar-refractivity contribution is 0.0746. The maximum absolute atomic E-state index is 12.8. The number of benzene rings is 1. The second-order valence-electron chi connectivity index (χ2n) is 7.54. The molecular formula is C21H28N2O3S. The van der Waals surface area contributed by atoms with Crippen LogP contribution in [0.25, 0.3) is 0 Å². The first-order valence-corrected chi connectivity index (χ1v) is 10.3. The number of hydrogen-bond acceptors (Lipinski definition) is 5. The Balaban J connectivity index is 1.58. The molecule has 1 aromatic heterocycles. The molecule has 2 atom stereocenters. The molecule has 1 amide bonds. The number of thioether (sulfide) groups is 1. The molecule has 0 aliphatic carbocycles. The van der Waals surface area contributed by atoms with Crippen molar-refractivity contribution in [3.05, 3.63) is 53.5 Å². The number of aliphatic hydroxyl groups is 1. The third-order valence-corrected chi connectivity index (χ3v) is 6.01. The van der Waals surface area contributed by atoms with Crippen LogP contribution in [0.3, 0.4) is 0 Å². The van der Waals surface area contributed by atoms with Crippen molar-refractivity contribution < 1.29 is 14.3 Å². The van der Waals surface area contributed by atoms with Crippen LogP contribution in [0.4, 0.5) is 0 Å². The maximum Gasteiger partial charge on any atom is 0.289 e. The molecule has 1 saturated heterocycles. The topological polar surface area (TPSA) is 56.9 Å². The monoisotopic (exact) mass is 388 g/mol. The molecule has 3 rings (SSSR count). The Bertz CT molecular complexity index is 757. The van der Waals surface area contributed by atoms with E-state index < -0.39 is 0 Å². The summed E-state index contributed by atoms with van der Waals surface area (Å²) in [7, 11) is 4.03. The first-order valence-electron chi connectivity index (χ1n) is 9.29. The van der Waals surface area contributed by atoms with Gasteiger partial charge in [0.05, 0.1) is 5.75 Å². The van der Waals surface area contributed by atoms with Gasteiger partial charge >= 0.3 is 0 Å². The standard InChI is InChI=1S/C21H28N2O3S/c1-15-4-7-19(8-5-15)27-14-18-6-9-20(26-18)21(25)23-11-16(10-22(2)3)17(12-23)13-24/h4-9,16-17,24H,10-14H2,1-3H3/t16-,17-/m1/s1. The van der Waals surface area contributed by atoms with E-state index in [-0.39, 0.29) is 18.4 Å². The van der Waals surface area contributed by atoms with Crippen LogP contribution >= 0.6 is 11.8 Å². The highest BCUT2D eigenvalue weighted by molar-refractivity contribution is 7.98. The molecule has 2 heterocycles. The minimum absolute atomic E-state index is 0.0821. The number of hydrogen-bond donors (Lipinski definition) is 1. The van der Waals surface area contributed by atoms with Gasteiger partial charge in [-0.3, -0.25) is 4.79 Å². The average Bonchev–Trinajstić information content (AvgIpc) is 3.27. The van der Waals surface area contributed by atoms with Crippen molar-refractivity contribution in [1.29, 1.82) is 0 Å². The maximum atomic E-state index is 12.8. The van der Waals surface area contributed by atoms with Gasteiger partial charge in [0, 0.05) is 37.1 Å². The molecule has 0 unspecified atom stereocenters. The summed E-state index contributed by atoms with van der Waals surface area (Å²) in [5.74, 6) is 2.21. The highest BCUT2D eigenvalue weighted by Gasteiger charge is 2.36. The summed E-state index contributed by atoms with van der Waals surface area (Å²) in [6.45, 7) is 4.30. The Labute approximate surface area is 165 Å². The minimum atomic E-state index is -0.0821. The van der Waals surface area contributed by atoms with Crippen LogP contribution in [0.15, 0.2) is 45.7 Å². The zero-order chi connectivity index (χ0) is 19.4. The SMILES string of the molecule is Cc1ccc(SCc2ccc(C(=O)N3C[C@@H](CN(C)C)[C@@H](CO)C3)o2)cc1. The number of furan rings is 1. The van der Waals surface area contributed by atoms with E-state index >= 15 is 0 Å². The van der Waals surface area contributed by atoms with Crippen molar-refractivity contribution in [2.24, 2.45) is 11.8 Å². The summed E-state index contributed by atoms with van der Waals surface area (Å²) >= 11 is 1.69. The Hall–Kier alpha value is -1.76. The van der Waals surface area contributed by atoms with Gasteiger partial charge in [-0.15, -0.1) is 11.8 Å². The van der Waals surface area contributed by atoms with Crippen LogP contribution in [0.1, 0.15) is 21.9 Å². The average molecular weight is 389 g/mol. The summed E-state index contributed by atoms with van der Waals surface area (Å²) in [5.41, 5.74) is 1.24. The number of carbonyl (C=O) groups excluding carboxylic acids is 1. The lowest BCUT2D eigenvalue weighted by Gasteiger charge is -2.20. The van der Waals surface area contributed by atoms with E-state index in [1.165, 1.54) is 10.5 Å². The Morgan fingerprint density at radius 1 is 1.19 bits per heavy atom. The van der Waals surface area contributed by atoms with Crippen LogP contribution in [0.5, 0.6) is 0 Å². The summed E-state index contributed by atoms with van der Waals surface area (Å²) in [4.78, 5) is 17.9. The molecule has 146 valence electrons. The van der Waals surface area contributed by atoms with Gasteiger partial charge in [0.15, 0.2) is 5.76 Å². The van der Waals surface area contributed by atoms with E-state index in [1.807, 2.05) is 25.1 Å². The molecule has 5 nitrogen and oxygen atoms in total. The number of carbonyl (C=O) groups is 1. The lowest BCUT2D eigenvalue weighted by Crippen LogP contribution is -2.30. The van der Waals surface area contributed by atoms with Crippen LogP contribution < -0.4 is 0 Å². The molecular weight excluding hydrogens is 360 g/mol. The summed E-state index contributed by atoms with van der Waals surface area (Å²) in [6.07, 6.45) is 0. The van der Waals surface area contributed by atoms with Gasteiger partial charge in [-0.05, 0) is 51.2 Å². The molecule has 2 aromatic rings. The van der Waals surface area contributed by atoms with E-state index in [1.54, 1.807) is 17.8 Å². The van der Waals surface area contributed by atoms with Crippen molar-refractivity contribution in [3.8, 4) is 0 Å². The Morgan fingerprint density at radius 3 is 2.56 bits per heavy atom. The Morgan fingerprint density at radius 2 is 1.89 bits per heavy atom. The molecule has 1 fully saturated rings. The fourth-order valence-corrected chi connectivity index (χ4v) is 4.30. The molecule has 0 bridgehead atoms. The van der Waals surface area contributed by atoms with E-state index in [2.05, 4.69) is 36.1 Å². The van der Waals surface area contributed by atoms with Crippen molar-refractivity contribution in [1.82, 2.24) is 9.80 Å². The van der Waals surface area contributed by atoms with Gasteiger partial charge in [-0.2, -0.15) is 0 Å². The fraction of sp³-hybridized carbons (Fsp3) is 0.476. The minimum Gasteiger partial charge on any atom is -0.455 e. The number of amides is 1. The van der Waals surface area contributed by atoms with Gasteiger partial charge < -0.3 is 19.3 Å². The van der Waals surface area contributed by atoms with Gasteiger partial charge in [-0.25, -0.2) is 0 Å². The third-order valence-electron chi connectivity index (χ3n) is 4.97. The van der Waals surface area contributed by atoms with Crippen molar-refractivity contribution in [3.63, 3.8) is 0 Å². The smallest absolute Gasteiger partial charge is 0.289 e. The van der Waals surface area contributed by atoms with Gasteiger partial charge in [0.1, 0.15) is 5.76 Å². The van der Waals surface area contributed by atoms with E-state index in [9.17, 15) is 9.90 Å². The van der Waals surface area contributed by atoms with E-state index in [0.717, 1.165) is 12.3 Å². The quantitative estimate of drug-likeness (QED) is 0.739. The molecule has 1 aromatic carbocycles. The third kappa shape index (κ3) is 5.15. The number of rotatable bonds is 7. The van der Waals surface area contributed by atoms with Gasteiger partial charge in [-0.1, -0.05) is 17.7 Å². The summed E-state index contributed by atoms with van der Waals surface area (Å²) in [5, 5.41) is 9.64. The fourth-order valence-electron chi connectivity index (χ4n) is 3.50. The molecule has 0 radical (unpaired) electrons. The van der Waals surface area contributed by atoms with Gasteiger partial charge in [0.25, 0.3) is 5.91 Å². The lowest BCUT2D eigenvalue weighted by atomic mass is 9.97. The molecule has 1 N–H and O–H groups in total. The number of aryl methyl sites for hydroxylation is 1. The molecule has 1 aliphatic heterocycles. The first kappa shape index (κ1) is 20.0. The van der Waals surface area contributed by atoms with Crippen molar-refractivity contribution in [2.45, 2.75) is 17.6 Å². The molecule has 6 heteroatoms. The second kappa shape index (κ2) is 8.95. The largest absolute Gasteiger partial charge is 0.455 e. The predicted octanol–water partition coefficient (Wildman–Crippen LogP) is 3.12. The summed E-state index contributed by atoms with van der Waals surface area (Å²) in [6, 6.07) is 12.0. The Kier molecular flexibility index (Phi) is 6.63. The molecule has 0 saturated carbocycles. The zero-order valence-electron chi connectivity index (χ0n) is 16.2. The second-order valence-corrected chi connectivity index (χ2v) is 8.59. The van der Waals surface area contributed by atoms with Gasteiger partial charge in [0.2, 0.25) is 0 Å². The summed E-state index contributed by atoms with van der Waals surface area (Å²) < 4.78 is 5.80.